The maximum atomic E-state index is 13.4. The van der Waals surface area contributed by atoms with Crippen molar-refractivity contribution >= 4 is 34.5 Å². The predicted octanol–water partition coefficient (Wildman–Crippen LogP) is 2.91. The van der Waals surface area contributed by atoms with Gasteiger partial charge < -0.3 is 29.6 Å². The molecule has 2 heterocycles. The quantitative estimate of drug-likeness (QED) is 0.322. The molecule has 0 spiro atoms. The third kappa shape index (κ3) is 4.96. The summed E-state index contributed by atoms with van der Waals surface area (Å²) in [5.74, 6) is 0.382. The van der Waals surface area contributed by atoms with Crippen molar-refractivity contribution in [2.75, 3.05) is 33.3 Å². The first-order valence-corrected chi connectivity index (χ1v) is 13.0. The van der Waals surface area contributed by atoms with Crippen LogP contribution in [0.4, 0.5) is 0 Å². The summed E-state index contributed by atoms with van der Waals surface area (Å²) in [5.41, 5.74) is 3.64. The standard InChI is InChI=1S/C26H31N3O6S/c1-33-20-11-14(12-21(34-2)24(20)30)22-23-16(15-7-5-6-8-17(15)27-23)13-19(28-22)25(31)29-18(9-10-36-4)26(32)35-3/h5-8,11-12,18-19,22,27-28,30H,9-10,13H2,1-4H3,(H,29,31)/t18-,19-,22+/m0/s1. The number of phenols is 1. The van der Waals surface area contributed by atoms with Crippen molar-refractivity contribution in [2.24, 2.45) is 0 Å². The lowest BCUT2D eigenvalue weighted by molar-refractivity contribution is -0.145. The smallest absolute Gasteiger partial charge is 0.328 e. The largest absolute Gasteiger partial charge is 0.502 e. The molecule has 1 aliphatic rings. The molecule has 0 bridgehead atoms. The summed E-state index contributed by atoms with van der Waals surface area (Å²) in [7, 11) is 4.26. The molecule has 0 fully saturated rings. The van der Waals surface area contributed by atoms with Crippen LogP contribution in [0.15, 0.2) is 36.4 Å². The Bertz CT molecular complexity index is 1230. The van der Waals surface area contributed by atoms with Crippen LogP contribution in [0, 0.1) is 0 Å². The molecule has 1 aromatic heterocycles. The number of amides is 1. The van der Waals surface area contributed by atoms with E-state index in [0.717, 1.165) is 27.7 Å². The Hall–Kier alpha value is -3.37. The maximum Gasteiger partial charge on any atom is 0.328 e. The number of carbonyl (C=O) groups is 2. The van der Waals surface area contributed by atoms with Gasteiger partial charge in [0.25, 0.3) is 0 Å². The molecule has 9 nitrogen and oxygen atoms in total. The first-order valence-electron chi connectivity index (χ1n) is 11.6. The summed E-state index contributed by atoms with van der Waals surface area (Å²) in [6, 6.07) is 9.61. The molecule has 3 atom stereocenters. The number of aromatic amines is 1. The minimum Gasteiger partial charge on any atom is -0.502 e. The molecule has 4 N–H and O–H groups in total. The predicted molar refractivity (Wildman–Crippen MR) is 139 cm³/mol. The van der Waals surface area contributed by atoms with Crippen LogP contribution in [0.25, 0.3) is 10.9 Å². The highest BCUT2D eigenvalue weighted by Gasteiger charge is 2.36. The summed E-state index contributed by atoms with van der Waals surface area (Å²) in [6.45, 7) is 0. The number of esters is 1. The summed E-state index contributed by atoms with van der Waals surface area (Å²) in [5, 5.41) is 17.8. The first kappa shape index (κ1) is 25.7. The van der Waals surface area contributed by atoms with E-state index in [1.54, 1.807) is 23.9 Å². The zero-order valence-electron chi connectivity index (χ0n) is 20.7. The Morgan fingerprint density at radius 1 is 1.17 bits per heavy atom. The van der Waals surface area contributed by atoms with E-state index in [-0.39, 0.29) is 23.2 Å². The highest BCUT2D eigenvalue weighted by Crippen LogP contribution is 2.42. The number of aromatic nitrogens is 1. The van der Waals surface area contributed by atoms with E-state index in [4.69, 9.17) is 14.2 Å². The molecule has 1 aliphatic heterocycles. The van der Waals surface area contributed by atoms with Crippen LogP contribution < -0.4 is 20.1 Å². The van der Waals surface area contributed by atoms with Crippen molar-refractivity contribution in [3.05, 3.63) is 53.2 Å². The van der Waals surface area contributed by atoms with E-state index in [1.807, 2.05) is 30.5 Å². The van der Waals surface area contributed by atoms with Crippen LogP contribution in [-0.4, -0.2) is 67.4 Å². The van der Waals surface area contributed by atoms with Gasteiger partial charge in [0.2, 0.25) is 11.7 Å². The average molecular weight is 514 g/mol. The van der Waals surface area contributed by atoms with Gasteiger partial charge in [-0.2, -0.15) is 11.8 Å². The molecule has 0 saturated heterocycles. The first-order chi connectivity index (χ1) is 17.4. The molecule has 192 valence electrons. The van der Waals surface area contributed by atoms with E-state index >= 15 is 0 Å². The number of phenolic OH excluding ortho intramolecular Hbond substituents is 1. The second-order valence-corrected chi connectivity index (χ2v) is 9.54. The van der Waals surface area contributed by atoms with Crippen molar-refractivity contribution in [3.63, 3.8) is 0 Å². The van der Waals surface area contributed by atoms with Crippen LogP contribution in [0.2, 0.25) is 0 Å². The lowest BCUT2D eigenvalue weighted by Gasteiger charge is -2.32. The Kier molecular flexibility index (Phi) is 7.95. The van der Waals surface area contributed by atoms with Crippen molar-refractivity contribution in [3.8, 4) is 17.2 Å². The highest BCUT2D eigenvalue weighted by atomic mass is 32.2. The van der Waals surface area contributed by atoms with Crippen molar-refractivity contribution in [1.82, 2.24) is 15.6 Å². The SMILES string of the molecule is COC(=O)[C@H](CCSC)NC(=O)[C@@H]1Cc2c([nH]c3ccccc23)[C@@H](c2cc(OC)c(O)c(OC)c2)N1. The Labute approximate surface area is 213 Å². The van der Waals surface area contributed by atoms with Gasteiger partial charge in [-0.3, -0.25) is 10.1 Å². The lowest BCUT2D eigenvalue weighted by Crippen LogP contribution is -2.53. The number of H-pyrrole nitrogens is 1. The van der Waals surface area contributed by atoms with Gasteiger partial charge in [-0.25, -0.2) is 4.79 Å². The van der Waals surface area contributed by atoms with Crippen LogP contribution in [0.1, 0.15) is 29.3 Å². The lowest BCUT2D eigenvalue weighted by atomic mass is 9.89. The van der Waals surface area contributed by atoms with Gasteiger partial charge in [0.1, 0.15) is 6.04 Å². The Morgan fingerprint density at radius 2 is 1.86 bits per heavy atom. The number of thioether (sulfide) groups is 1. The van der Waals surface area contributed by atoms with Crippen LogP contribution >= 0.6 is 11.8 Å². The fraction of sp³-hybridized carbons (Fsp3) is 0.385. The van der Waals surface area contributed by atoms with Crippen molar-refractivity contribution in [2.45, 2.75) is 31.0 Å². The second kappa shape index (κ2) is 11.1. The summed E-state index contributed by atoms with van der Waals surface area (Å²) < 4.78 is 15.6. The van der Waals surface area contributed by atoms with Gasteiger partial charge in [-0.05, 0) is 54.2 Å². The van der Waals surface area contributed by atoms with Gasteiger partial charge in [0.15, 0.2) is 11.5 Å². The third-order valence-corrected chi connectivity index (χ3v) is 7.12. The molecule has 0 saturated carbocycles. The summed E-state index contributed by atoms with van der Waals surface area (Å²) in [6.07, 6.45) is 2.85. The van der Waals surface area contributed by atoms with Crippen molar-refractivity contribution < 1.29 is 28.9 Å². The number of benzene rings is 2. The van der Waals surface area contributed by atoms with E-state index in [9.17, 15) is 14.7 Å². The van der Waals surface area contributed by atoms with Gasteiger partial charge >= 0.3 is 5.97 Å². The number of fused-ring (bicyclic) bond motifs is 3. The fourth-order valence-corrected chi connectivity index (χ4v) is 5.12. The molecular formula is C26H31N3O6S. The number of methoxy groups -OCH3 is 3. The molecule has 4 rings (SSSR count). The number of aromatic hydroxyl groups is 1. The molecule has 36 heavy (non-hydrogen) atoms. The minimum absolute atomic E-state index is 0.0968. The molecular weight excluding hydrogens is 482 g/mol. The number of carbonyl (C=O) groups excluding carboxylic acids is 2. The molecule has 10 heteroatoms. The number of hydrogen-bond acceptors (Lipinski definition) is 8. The summed E-state index contributed by atoms with van der Waals surface area (Å²) in [4.78, 5) is 29.2. The average Bonchev–Trinajstić information content (AvgIpc) is 3.28. The van der Waals surface area contributed by atoms with E-state index in [1.165, 1.54) is 21.3 Å². The number of hydrogen-bond donors (Lipinski definition) is 4. The van der Waals surface area contributed by atoms with Gasteiger partial charge in [0.05, 0.1) is 33.4 Å². The number of nitrogens with one attached hydrogen (secondary N) is 3. The zero-order chi connectivity index (χ0) is 25.8. The highest BCUT2D eigenvalue weighted by molar-refractivity contribution is 7.98. The number of rotatable bonds is 9. The normalized spacial score (nSPS) is 17.8. The number of ether oxygens (including phenoxy) is 3. The third-order valence-electron chi connectivity index (χ3n) is 6.48. The Balaban J connectivity index is 1.74. The minimum atomic E-state index is -0.728. The topological polar surface area (TPSA) is 122 Å². The van der Waals surface area contributed by atoms with Gasteiger partial charge in [-0.15, -0.1) is 0 Å². The Morgan fingerprint density at radius 3 is 2.50 bits per heavy atom. The maximum absolute atomic E-state index is 13.4. The number of para-hydroxylation sites is 1. The van der Waals surface area contributed by atoms with Crippen LogP contribution in [-0.2, 0) is 20.7 Å². The molecule has 0 radical (unpaired) electrons. The summed E-state index contributed by atoms with van der Waals surface area (Å²) >= 11 is 1.60. The molecule has 0 aliphatic carbocycles. The van der Waals surface area contributed by atoms with E-state index in [2.05, 4.69) is 15.6 Å². The van der Waals surface area contributed by atoms with E-state index in [0.29, 0.717) is 18.6 Å². The fourth-order valence-electron chi connectivity index (χ4n) is 4.65. The van der Waals surface area contributed by atoms with Crippen molar-refractivity contribution in [1.29, 1.82) is 0 Å². The van der Waals surface area contributed by atoms with Gasteiger partial charge in [0, 0.05) is 16.6 Å². The van der Waals surface area contributed by atoms with Crippen LogP contribution in [0.5, 0.6) is 17.2 Å². The zero-order valence-corrected chi connectivity index (χ0v) is 21.5. The molecule has 0 unspecified atom stereocenters. The van der Waals surface area contributed by atoms with Gasteiger partial charge in [-0.1, -0.05) is 18.2 Å². The van der Waals surface area contributed by atoms with E-state index < -0.39 is 24.1 Å². The molecule has 2 aromatic carbocycles. The van der Waals surface area contributed by atoms with Crippen LogP contribution in [0.3, 0.4) is 0 Å². The molecule has 3 aromatic rings. The molecule has 1 amide bonds. The monoisotopic (exact) mass is 513 g/mol. The second-order valence-electron chi connectivity index (χ2n) is 8.56.